The molecular formula is C15H23NO4. The highest BCUT2D eigenvalue weighted by Gasteiger charge is 2.16. The molecular weight excluding hydrogens is 258 g/mol. The molecule has 5 nitrogen and oxygen atoms in total. The third-order valence-corrected chi connectivity index (χ3v) is 3.12. The molecule has 0 amide bonds. The molecule has 1 aromatic carbocycles. The summed E-state index contributed by atoms with van der Waals surface area (Å²) >= 11 is 0. The van der Waals surface area contributed by atoms with E-state index in [4.69, 9.17) is 18.9 Å². The summed E-state index contributed by atoms with van der Waals surface area (Å²) in [5.74, 6) is 1.72. The average Bonchev–Trinajstić information content (AvgIpc) is 2.95. The lowest BCUT2D eigenvalue weighted by atomic mass is 10.2. The maximum atomic E-state index is 5.47. The molecule has 2 rings (SSSR count). The smallest absolute Gasteiger partial charge is 0.231 e. The Morgan fingerprint density at radius 1 is 1.15 bits per heavy atom. The molecule has 0 aliphatic carbocycles. The van der Waals surface area contributed by atoms with Crippen molar-refractivity contribution in [3.63, 3.8) is 0 Å². The Kier molecular flexibility index (Phi) is 6.63. The second-order valence-corrected chi connectivity index (χ2v) is 4.64. The van der Waals surface area contributed by atoms with Crippen LogP contribution in [0.2, 0.25) is 0 Å². The van der Waals surface area contributed by atoms with Crippen molar-refractivity contribution in [1.82, 2.24) is 5.32 Å². The molecule has 0 spiro atoms. The van der Waals surface area contributed by atoms with Gasteiger partial charge in [0.1, 0.15) is 0 Å². The Labute approximate surface area is 120 Å². The summed E-state index contributed by atoms with van der Waals surface area (Å²) in [5, 5.41) is 3.42. The Balaban J connectivity index is 1.55. The van der Waals surface area contributed by atoms with Crippen LogP contribution in [0.5, 0.6) is 11.5 Å². The lowest BCUT2D eigenvalue weighted by molar-refractivity contribution is 0.0688. The van der Waals surface area contributed by atoms with Crippen LogP contribution in [0.15, 0.2) is 18.2 Å². The maximum absolute atomic E-state index is 5.47. The Morgan fingerprint density at radius 3 is 3.00 bits per heavy atom. The van der Waals surface area contributed by atoms with Crippen LogP contribution in [0.4, 0.5) is 0 Å². The van der Waals surface area contributed by atoms with Gasteiger partial charge in [-0.3, -0.25) is 0 Å². The van der Waals surface area contributed by atoms with Gasteiger partial charge in [0.15, 0.2) is 11.5 Å². The number of ether oxygens (including phenoxy) is 4. The fourth-order valence-corrected chi connectivity index (χ4v) is 2.05. The molecule has 0 saturated carbocycles. The van der Waals surface area contributed by atoms with Gasteiger partial charge in [0.25, 0.3) is 0 Å². The van der Waals surface area contributed by atoms with Gasteiger partial charge in [-0.05, 0) is 25.5 Å². The van der Waals surface area contributed by atoms with Gasteiger partial charge in [-0.15, -0.1) is 0 Å². The monoisotopic (exact) mass is 281 g/mol. The number of nitrogens with one attached hydrogen (secondary N) is 1. The zero-order valence-electron chi connectivity index (χ0n) is 12.0. The molecule has 0 atom stereocenters. The molecule has 1 aliphatic heterocycles. The first-order chi connectivity index (χ1) is 9.92. The molecule has 1 heterocycles. The minimum Gasteiger partial charge on any atom is -0.454 e. The topological polar surface area (TPSA) is 49.0 Å². The fourth-order valence-electron chi connectivity index (χ4n) is 2.05. The lowest BCUT2D eigenvalue weighted by Gasteiger charge is -2.08. The number of unbranched alkanes of at least 4 members (excludes halogenated alkanes) is 1. The van der Waals surface area contributed by atoms with Crippen molar-refractivity contribution in [2.75, 3.05) is 40.3 Å². The van der Waals surface area contributed by atoms with Gasteiger partial charge >= 0.3 is 0 Å². The third kappa shape index (κ3) is 4.67. The first kappa shape index (κ1) is 15.1. The van der Waals surface area contributed by atoms with E-state index in [0.29, 0.717) is 20.0 Å². The lowest BCUT2D eigenvalue weighted by Crippen LogP contribution is -2.15. The number of hydrogen-bond acceptors (Lipinski definition) is 5. The summed E-state index contributed by atoms with van der Waals surface area (Å²) in [7, 11) is 1.68. The Hall–Kier alpha value is -1.30. The molecule has 0 radical (unpaired) electrons. The second-order valence-electron chi connectivity index (χ2n) is 4.64. The largest absolute Gasteiger partial charge is 0.454 e. The van der Waals surface area contributed by atoms with Crippen LogP contribution in [-0.4, -0.2) is 40.3 Å². The zero-order valence-corrected chi connectivity index (χ0v) is 12.0. The first-order valence-electron chi connectivity index (χ1n) is 7.06. The van der Waals surface area contributed by atoms with E-state index in [-0.39, 0.29) is 0 Å². The number of methoxy groups -OCH3 is 1. The van der Waals surface area contributed by atoms with Crippen LogP contribution >= 0.6 is 0 Å². The van der Waals surface area contributed by atoms with Crippen LogP contribution in [0, 0.1) is 0 Å². The van der Waals surface area contributed by atoms with Crippen LogP contribution < -0.4 is 14.8 Å². The predicted molar refractivity (Wildman–Crippen MR) is 76.2 cm³/mol. The summed E-state index contributed by atoms with van der Waals surface area (Å²) in [6, 6.07) is 5.99. The van der Waals surface area contributed by atoms with E-state index in [1.807, 2.05) is 12.1 Å². The standard InChI is InChI=1S/C15H23NO4/c1-17-9-10-18-8-3-2-7-16-11-13-5-4-6-14-15(13)20-12-19-14/h4-6,16H,2-3,7-12H2,1H3. The summed E-state index contributed by atoms with van der Waals surface area (Å²) in [6.07, 6.45) is 2.16. The Bertz CT molecular complexity index is 397. The van der Waals surface area contributed by atoms with Gasteiger partial charge in [0.2, 0.25) is 6.79 Å². The predicted octanol–water partition coefficient (Wildman–Crippen LogP) is 1.95. The minimum absolute atomic E-state index is 0.325. The molecule has 1 aliphatic rings. The molecule has 0 fully saturated rings. The highest BCUT2D eigenvalue weighted by molar-refractivity contribution is 5.48. The van der Waals surface area contributed by atoms with Crippen molar-refractivity contribution in [3.8, 4) is 11.5 Å². The quantitative estimate of drug-likeness (QED) is 0.664. The number of hydrogen-bond donors (Lipinski definition) is 1. The molecule has 5 heteroatoms. The molecule has 112 valence electrons. The fraction of sp³-hybridized carbons (Fsp3) is 0.600. The number of benzene rings is 1. The number of para-hydroxylation sites is 1. The van der Waals surface area contributed by atoms with Gasteiger partial charge in [0, 0.05) is 25.8 Å². The molecule has 0 unspecified atom stereocenters. The first-order valence-corrected chi connectivity index (χ1v) is 7.06. The van der Waals surface area contributed by atoms with E-state index in [0.717, 1.165) is 49.6 Å². The van der Waals surface area contributed by atoms with Gasteiger partial charge in [-0.25, -0.2) is 0 Å². The highest BCUT2D eigenvalue weighted by atomic mass is 16.7. The average molecular weight is 281 g/mol. The SMILES string of the molecule is COCCOCCCCNCc1cccc2c1OCO2. The zero-order chi connectivity index (χ0) is 14.0. The second kappa shape index (κ2) is 8.79. The van der Waals surface area contributed by atoms with Crippen molar-refractivity contribution in [2.24, 2.45) is 0 Å². The molecule has 1 aromatic rings. The molecule has 1 N–H and O–H groups in total. The van der Waals surface area contributed by atoms with Crippen molar-refractivity contribution in [1.29, 1.82) is 0 Å². The number of rotatable bonds is 10. The van der Waals surface area contributed by atoms with Gasteiger partial charge in [-0.2, -0.15) is 0 Å². The van der Waals surface area contributed by atoms with E-state index in [1.165, 1.54) is 0 Å². The highest BCUT2D eigenvalue weighted by Crippen LogP contribution is 2.35. The van der Waals surface area contributed by atoms with Crippen LogP contribution in [0.25, 0.3) is 0 Å². The summed E-state index contributed by atoms with van der Waals surface area (Å²) in [4.78, 5) is 0. The van der Waals surface area contributed by atoms with E-state index >= 15 is 0 Å². The van der Waals surface area contributed by atoms with E-state index < -0.39 is 0 Å². The van der Waals surface area contributed by atoms with Crippen molar-refractivity contribution in [3.05, 3.63) is 23.8 Å². The van der Waals surface area contributed by atoms with Crippen LogP contribution in [-0.2, 0) is 16.0 Å². The van der Waals surface area contributed by atoms with Gasteiger partial charge < -0.3 is 24.3 Å². The van der Waals surface area contributed by atoms with Crippen molar-refractivity contribution < 1.29 is 18.9 Å². The normalized spacial score (nSPS) is 12.8. The van der Waals surface area contributed by atoms with Crippen LogP contribution in [0.1, 0.15) is 18.4 Å². The minimum atomic E-state index is 0.325. The number of fused-ring (bicyclic) bond motifs is 1. The Morgan fingerprint density at radius 2 is 2.10 bits per heavy atom. The summed E-state index contributed by atoms with van der Waals surface area (Å²) < 4.78 is 21.1. The van der Waals surface area contributed by atoms with Crippen molar-refractivity contribution in [2.45, 2.75) is 19.4 Å². The maximum Gasteiger partial charge on any atom is 0.231 e. The van der Waals surface area contributed by atoms with Gasteiger partial charge in [0.05, 0.1) is 13.2 Å². The van der Waals surface area contributed by atoms with Gasteiger partial charge in [-0.1, -0.05) is 12.1 Å². The molecule has 0 saturated heterocycles. The molecule has 0 bridgehead atoms. The molecule has 0 aromatic heterocycles. The van der Waals surface area contributed by atoms with E-state index in [1.54, 1.807) is 7.11 Å². The molecule has 20 heavy (non-hydrogen) atoms. The summed E-state index contributed by atoms with van der Waals surface area (Å²) in [6.45, 7) is 4.24. The van der Waals surface area contributed by atoms with E-state index in [9.17, 15) is 0 Å². The van der Waals surface area contributed by atoms with E-state index in [2.05, 4.69) is 11.4 Å². The third-order valence-electron chi connectivity index (χ3n) is 3.12. The van der Waals surface area contributed by atoms with Crippen molar-refractivity contribution >= 4 is 0 Å². The van der Waals surface area contributed by atoms with Crippen LogP contribution in [0.3, 0.4) is 0 Å². The summed E-state index contributed by atoms with van der Waals surface area (Å²) in [5.41, 5.74) is 1.15.